The predicted octanol–water partition coefficient (Wildman–Crippen LogP) is 4.80. The van der Waals surface area contributed by atoms with Crippen LogP contribution >= 0.6 is 0 Å². The van der Waals surface area contributed by atoms with Crippen LogP contribution in [0.15, 0.2) is 60.7 Å². The molecule has 5 rings (SSSR count). The first-order valence-electron chi connectivity index (χ1n) is 13.6. The number of methoxy groups -OCH3 is 1. The quantitative estimate of drug-likeness (QED) is 0.179. The van der Waals surface area contributed by atoms with Crippen LogP contribution in [0.25, 0.3) is 21.8 Å². The molecule has 1 amide bonds. The molecule has 9 nitrogen and oxygen atoms in total. The summed E-state index contributed by atoms with van der Waals surface area (Å²) in [6, 6.07) is 19.1. The molecule has 2 N–H and O–H groups in total. The Kier molecular flexibility index (Phi) is 8.18. The maximum Gasteiger partial charge on any atom is 0.271 e. The van der Waals surface area contributed by atoms with E-state index in [1.807, 2.05) is 17.0 Å². The standard InChI is InChI=1S/C30H35N5O4/c1-39-15-5-14-34-28-12-11-26(35(37)38)19-27(28)32-30(34)24-8-4-13-33(20-24)29(36)18-25(31)17-21-9-10-22-6-2-3-7-23(22)16-21/h2-3,6-7,9-12,16,19,24-25H,4-5,8,13-15,17-18,20,31H2,1H3/t24-,25-/m1/s1. The molecule has 4 aromatic rings. The minimum atomic E-state index is -0.398. The molecule has 0 unspecified atom stereocenters. The molecular formula is C30H35N5O4. The summed E-state index contributed by atoms with van der Waals surface area (Å²) in [5, 5.41) is 13.7. The zero-order chi connectivity index (χ0) is 27.4. The molecular weight excluding hydrogens is 494 g/mol. The molecule has 1 aromatic heterocycles. The lowest BCUT2D eigenvalue weighted by Crippen LogP contribution is -2.42. The molecule has 1 saturated heterocycles. The summed E-state index contributed by atoms with van der Waals surface area (Å²) in [5.74, 6) is 0.985. The summed E-state index contributed by atoms with van der Waals surface area (Å²) in [6.45, 7) is 2.57. The number of nitro benzene ring substituents is 1. The molecule has 0 bridgehead atoms. The fourth-order valence-electron chi connectivity index (χ4n) is 5.67. The Balaban J connectivity index is 1.29. The van der Waals surface area contributed by atoms with Gasteiger partial charge in [-0.25, -0.2) is 4.98 Å². The molecule has 3 aromatic carbocycles. The van der Waals surface area contributed by atoms with E-state index in [2.05, 4.69) is 34.9 Å². The summed E-state index contributed by atoms with van der Waals surface area (Å²) < 4.78 is 7.39. The van der Waals surface area contributed by atoms with E-state index in [-0.39, 0.29) is 30.0 Å². The number of likely N-dealkylation sites (tertiary alicyclic amines) is 1. The smallest absolute Gasteiger partial charge is 0.271 e. The molecule has 0 spiro atoms. The number of aromatic nitrogens is 2. The lowest BCUT2D eigenvalue weighted by Gasteiger charge is -2.33. The van der Waals surface area contributed by atoms with Crippen molar-refractivity contribution in [1.82, 2.24) is 14.5 Å². The Morgan fingerprint density at radius 2 is 2.00 bits per heavy atom. The van der Waals surface area contributed by atoms with E-state index in [1.165, 1.54) is 22.9 Å². The van der Waals surface area contributed by atoms with Gasteiger partial charge in [0, 0.05) is 63.9 Å². The number of non-ortho nitro benzene ring substituents is 1. The third-order valence-electron chi connectivity index (χ3n) is 7.59. The van der Waals surface area contributed by atoms with Crippen LogP contribution in [0.4, 0.5) is 5.69 Å². The number of piperidine rings is 1. The van der Waals surface area contributed by atoms with Gasteiger partial charge in [0.1, 0.15) is 5.82 Å². The highest BCUT2D eigenvalue weighted by atomic mass is 16.6. The average Bonchev–Trinajstić information content (AvgIpc) is 3.31. The summed E-state index contributed by atoms with van der Waals surface area (Å²) in [7, 11) is 1.67. The van der Waals surface area contributed by atoms with Crippen molar-refractivity contribution in [2.75, 3.05) is 26.8 Å². The molecule has 0 aliphatic carbocycles. The van der Waals surface area contributed by atoms with Crippen LogP contribution in [-0.4, -0.2) is 58.1 Å². The zero-order valence-corrected chi connectivity index (χ0v) is 22.3. The molecule has 204 valence electrons. The molecule has 0 radical (unpaired) electrons. The molecule has 1 aliphatic heterocycles. The molecule has 39 heavy (non-hydrogen) atoms. The second-order valence-corrected chi connectivity index (χ2v) is 10.4. The number of nitro groups is 1. The van der Waals surface area contributed by atoms with Gasteiger partial charge >= 0.3 is 0 Å². The van der Waals surface area contributed by atoms with Crippen LogP contribution in [0.3, 0.4) is 0 Å². The summed E-state index contributed by atoms with van der Waals surface area (Å²) >= 11 is 0. The number of imidazole rings is 1. The van der Waals surface area contributed by atoms with Crippen LogP contribution in [0.2, 0.25) is 0 Å². The van der Waals surface area contributed by atoms with Crippen molar-refractivity contribution in [3.8, 4) is 0 Å². The number of fused-ring (bicyclic) bond motifs is 2. The molecule has 9 heteroatoms. The topological polar surface area (TPSA) is 117 Å². The van der Waals surface area contributed by atoms with Crippen molar-refractivity contribution in [3.63, 3.8) is 0 Å². The molecule has 1 fully saturated rings. The van der Waals surface area contributed by atoms with Gasteiger partial charge in [-0.15, -0.1) is 0 Å². The SMILES string of the molecule is COCCCn1c([C@@H]2CCCN(C(=O)C[C@H](N)Cc3ccc4ccccc4c3)C2)nc2cc([N+](=O)[O-])ccc21. The van der Waals surface area contributed by atoms with Crippen LogP contribution < -0.4 is 5.73 Å². The van der Waals surface area contributed by atoms with Gasteiger partial charge in [0.25, 0.3) is 5.69 Å². The van der Waals surface area contributed by atoms with Crippen LogP contribution in [0.5, 0.6) is 0 Å². The second kappa shape index (κ2) is 11.9. The minimum absolute atomic E-state index is 0.0245. The number of benzene rings is 3. The Morgan fingerprint density at radius 3 is 2.79 bits per heavy atom. The lowest BCUT2D eigenvalue weighted by atomic mass is 9.95. The number of ether oxygens (including phenoxy) is 1. The number of amides is 1. The fourth-order valence-corrected chi connectivity index (χ4v) is 5.67. The highest BCUT2D eigenvalue weighted by Gasteiger charge is 2.29. The van der Waals surface area contributed by atoms with Gasteiger partial charge in [-0.1, -0.05) is 42.5 Å². The average molecular weight is 530 g/mol. The van der Waals surface area contributed by atoms with Gasteiger partial charge in [-0.05, 0) is 48.1 Å². The highest BCUT2D eigenvalue weighted by Crippen LogP contribution is 2.31. The highest BCUT2D eigenvalue weighted by molar-refractivity contribution is 5.83. The van der Waals surface area contributed by atoms with Gasteiger partial charge in [0.05, 0.1) is 16.0 Å². The fraction of sp³-hybridized carbons (Fsp3) is 0.400. The first-order chi connectivity index (χ1) is 18.9. The first kappa shape index (κ1) is 26.8. The van der Waals surface area contributed by atoms with Crippen molar-refractivity contribution >= 4 is 33.4 Å². The summed E-state index contributed by atoms with van der Waals surface area (Å²) in [5.41, 5.74) is 9.08. The van der Waals surface area contributed by atoms with Gasteiger partial charge in [-0.2, -0.15) is 0 Å². The van der Waals surface area contributed by atoms with Gasteiger partial charge < -0.3 is 19.9 Å². The van der Waals surface area contributed by atoms with E-state index < -0.39 is 4.92 Å². The Morgan fingerprint density at radius 1 is 1.18 bits per heavy atom. The number of carbonyl (C=O) groups is 1. The molecule has 1 aliphatic rings. The minimum Gasteiger partial charge on any atom is -0.385 e. The third kappa shape index (κ3) is 6.10. The lowest BCUT2D eigenvalue weighted by molar-refractivity contribution is -0.384. The van der Waals surface area contributed by atoms with E-state index in [4.69, 9.17) is 15.5 Å². The van der Waals surface area contributed by atoms with Crippen molar-refractivity contribution in [2.45, 2.75) is 50.6 Å². The van der Waals surface area contributed by atoms with E-state index in [0.29, 0.717) is 38.2 Å². The number of hydrogen-bond acceptors (Lipinski definition) is 6. The maximum atomic E-state index is 13.3. The first-order valence-corrected chi connectivity index (χ1v) is 13.6. The van der Waals surface area contributed by atoms with E-state index in [0.717, 1.165) is 36.2 Å². The van der Waals surface area contributed by atoms with E-state index in [9.17, 15) is 14.9 Å². The molecule has 0 saturated carbocycles. The van der Waals surface area contributed by atoms with Crippen LogP contribution in [-0.2, 0) is 22.5 Å². The molecule has 2 atom stereocenters. The van der Waals surface area contributed by atoms with Crippen molar-refractivity contribution < 1.29 is 14.5 Å². The zero-order valence-electron chi connectivity index (χ0n) is 22.3. The summed E-state index contributed by atoms with van der Waals surface area (Å²) in [6.07, 6.45) is 3.50. The van der Waals surface area contributed by atoms with Crippen molar-refractivity contribution in [1.29, 1.82) is 0 Å². The van der Waals surface area contributed by atoms with Gasteiger partial charge in [-0.3, -0.25) is 14.9 Å². The third-order valence-corrected chi connectivity index (χ3v) is 7.59. The van der Waals surface area contributed by atoms with E-state index >= 15 is 0 Å². The van der Waals surface area contributed by atoms with Gasteiger partial charge in [0.2, 0.25) is 5.91 Å². The Labute approximate surface area is 227 Å². The maximum absolute atomic E-state index is 13.3. The van der Waals surface area contributed by atoms with Crippen molar-refractivity contribution in [3.05, 3.63) is 82.2 Å². The van der Waals surface area contributed by atoms with Gasteiger partial charge in [0.15, 0.2) is 0 Å². The van der Waals surface area contributed by atoms with E-state index in [1.54, 1.807) is 13.2 Å². The monoisotopic (exact) mass is 529 g/mol. The number of carbonyl (C=O) groups excluding carboxylic acids is 1. The normalized spacial score (nSPS) is 16.6. The van der Waals surface area contributed by atoms with Crippen LogP contribution in [0, 0.1) is 10.1 Å². The number of aryl methyl sites for hydroxylation is 1. The van der Waals surface area contributed by atoms with Crippen LogP contribution in [0.1, 0.15) is 43.0 Å². The Hall–Kier alpha value is -3.82. The predicted molar refractivity (Wildman–Crippen MR) is 152 cm³/mol. The Bertz CT molecular complexity index is 1480. The largest absolute Gasteiger partial charge is 0.385 e. The number of nitrogens with zero attached hydrogens (tertiary/aromatic N) is 4. The van der Waals surface area contributed by atoms with Crippen molar-refractivity contribution in [2.24, 2.45) is 5.73 Å². The second-order valence-electron chi connectivity index (χ2n) is 10.4. The number of hydrogen-bond donors (Lipinski definition) is 1. The molecule has 2 heterocycles. The number of rotatable bonds is 10. The summed E-state index contributed by atoms with van der Waals surface area (Å²) in [4.78, 5) is 31.0. The number of nitrogens with two attached hydrogens (primary N) is 1.